The number of carbonyl (C=O) groups is 1. The lowest BCUT2D eigenvalue weighted by atomic mass is 9.83. The molecule has 0 bridgehead atoms. The minimum atomic E-state index is 0.0235. The second-order valence-electron chi connectivity index (χ2n) is 6.03. The van der Waals surface area contributed by atoms with Crippen molar-refractivity contribution in [2.75, 3.05) is 13.2 Å². The molecule has 1 fully saturated rings. The van der Waals surface area contributed by atoms with Crippen LogP contribution in [0.2, 0.25) is 0 Å². The summed E-state index contributed by atoms with van der Waals surface area (Å²) in [7, 11) is 0. The van der Waals surface area contributed by atoms with Gasteiger partial charge in [0.15, 0.2) is 0 Å². The number of aromatic nitrogens is 2. The second-order valence-corrected chi connectivity index (χ2v) is 6.03. The van der Waals surface area contributed by atoms with E-state index in [1.165, 1.54) is 0 Å². The third-order valence-electron chi connectivity index (χ3n) is 4.20. The van der Waals surface area contributed by atoms with Crippen LogP contribution in [-0.4, -0.2) is 40.8 Å². The van der Waals surface area contributed by atoms with Gasteiger partial charge in [-0.3, -0.25) is 4.79 Å². The first-order valence-electron chi connectivity index (χ1n) is 8.31. The molecule has 0 saturated heterocycles. The Balaban J connectivity index is 1.67. The molecule has 3 atom stereocenters. The molecule has 6 heteroatoms. The summed E-state index contributed by atoms with van der Waals surface area (Å²) in [6.07, 6.45) is 9.87. The molecule has 1 aromatic rings. The van der Waals surface area contributed by atoms with Crippen molar-refractivity contribution in [2.45, 2.75) is 57.7 Å². The summed E-state index contributed by atoms with van der Waals surface area (Å²) in [4.78, 5) is 16.3. The van der Waals surface area contributed by atoms with Crippen LogP contribution in [0.5, 0.6) is 0 Å². The predicted octanol–water partition coefficient (Wildman–Crippen LogP) is 1.31. The molecule has 0 radical (unpaired) electrons. The number of ether oxygens (including phenoxy) is 1. The summed E-state index contributed by atoms with van der Waals surface area (Å²) in [6.45, 7) is 4.37. The Kier molecular flexibility index (Phi) is 6.86. The molecular formula is C16H28N4O2. The molecule has 0 aromatic carbocycles. The van der Waals surface area contributed by atoms with Crippen molar-refractivity contribution in [3.05, 3.63) is 18.7 Å². The van der Waals surface area contributed by atoms with Gasteiger partial charge >= 0.3 is 0 Å². The number of rotatable bonds is 8. The smallest absolute Gasteiger partial charge is 0.223 e. The third-order valence-corrected chi connectivity index (χ3v) is 4.20. The third kappa shape index (κ3) is 5.10. The van der Waals surface area contributed by atoms with E-state index in [1.807, 2.05) is 10.8 Å². The molecule has 0 aliphatic heterocycles. The maximum Gasteiger partial charge on any atom is 0.223 e. The van der Waals surface area contributed by atoms with Gasteiger partial charge in [-0.1, -0.05) is 6.92 Å². The van der Waals surface area contributed by atoms with Crippen molar-refractivity contribution < 1.29 is 9.53 Å². The number of hydrogen-bond donors (Lipinski definition) is 2. The highest BCUT2D eigenvalue weighted by atomic mass is 16.5. The van der Waals surface area contributed by atoms with Crippen LogP contribution in [0.4, 0.5) is 0 Å². The minimum Gasteiger partial charge on any atom is -0.377 e. The molecule has 1 heterocycles. The van der Waals surface area contributed by atoms with Crippen molar-refractivity contribution in [3.8, 4) is 0 Å². The van der Waals surface area contributed by atoms with Crippen LogP contribution in [0.3, 0.4) is 0 Å². The monoisotopic (exact) mass is 308 g/mol. The molecule has 0 spiro atoms. The van der Waals surface area contributed by atoms with Gasteiger partial charge in [-0.25, -0.2) is 4.98 Å². The van der Waals surface area contributed by atoms with Gasteiger partial charge in [-0.15, -0.1) is 0 Å². The zero-order chi connectivity index (χ0) is 15.8. The zero-order valence-electron chi connectivity index (χ0n) is 13.4. The van der Waals surface area contributed by atoms with E-state index in [4.69, 9.17) is 10.5 Å². The number of imidazole rings is 1. The number of nitrogens with two attached hydrogens (primary N) is 1. The molecule has 1 saturated carbocycles. The number of amides is 1. The average Bonchev–Trinajstić information content (AvgIpc) is 3.04. The summed E-state index contributed by atoms with van der Waals surface area (Å²) >= 11 is 0. The molecule has 1 aliphatic carbocycles. The van der Waals surface area contributed by atoms with E-state index in [0.717, 1.165) is 45.3 Å². The minimum absolute atomic E-state index is 0.0235. The first-order valence-corrected chi connectivity index (χ1v) is 8.31. The lowest BCUT2D eigenvalue weighted by Gasteiger charge is -2.33. The predicted molar refractivity (Wildman–Crippen MR) is 85.2 cm³/mol. The van der Waals surface area contributed by atoms with Crippen LogP contribution >= 0.6 is 0 Å². The molecule has 22 heavy (non-hydrogen) atoms. The van der Waals surface area contributed by atoms with Crippen molar-refractivity contribution in [1.29, 1.82) is 0 Å². The topological polar surface area (TPSA) is 82.2 Å². The first-order chi connectivity index (χ1) is 10.7. The van der Waals surface area contributed by atoms with Crippen LogP contribution in [0.15, 0.2) is 18.7 Å². The number of carbonyl (C=O) groups excluding carboxylic acids is 1. The Morgan fingerprint density at radius 1 is 1.50 bits per heavy atom. The maximum atomic E-state index is 12.3. The first kappa shape index (κ1) is 17.0. The fourth-order valence-corrected chi connectivity index (χ4v) is 2.89. The Morgan fingerprint density at radius 2 is 2.36 bits per heavy atom. The second kappa shape index (κ2) is 8.90. The Hall–Kier alpha value is -1.40. The van der Waals surface area contributed by atoms with Gasteiger partial charge in [0.1, 0.15) is 0 Å². The van der Waals surface area contributed by atoms with Crippen LogP contribution in [0.1, 0.15) is 39.0 Å². The summed E-state index contributed by atoms with van der Waals surface area (Å²) in [5, 5.41) is 3.04. The summed E-state index contributed by atoms with van der Waals surface area (Å²) in [5.41, 5.74) is 6.09. The van der Waals surface area contributed by atoms with E-state index in [0.29, 0.717) is 6.54 Å². The lowest BCUT2D eigenvalue weighted by Crippen LogP contribution is -2.46. The fourth-order valence-electron chi connectivity index (χ4n) is 2.89. The van der Waals surface area contributed by atoms with E-state index in [1.54, 1.807) is 12.5 Å². The van der Waals surface area contributed by atoms with Gasteiger partial charge in [-0.05, 0) is 32.1 Å². The number of nitrogens with zero attached hydrogens (tertiary/aromatic N) is 2. The lowest BCUT2D eigenvalue weighted by molar-refractivity contribution is -0.128. The molecule has 124 valence electrons. The normalized spacial score (nSPS) is 25.1. The quantitative estimate of drug-likeness (QED) is 0.709. The van der Waals surface area contributed by atoms with Gasteiger partial charge in [-0.2, -0.15) is 0 Å². The molecule has 0 unspecified atom stereocenters. The van der Waals surface area contributed by atoms with Gasteiger partial charge in [0.25, 0.3) is 0 Å². The molecule has 3 N–H and O–H groups in total. The number of aryl methyl sites for hydroxylation is 1. The van der Waals surface area contributed by atoms with Crippen molar-refractivity contribution in [1.82, 2.24) is 14.9 Å². The number of hydrogen-bond acceptors (Lipinski definition) is 4. The summed E-state index contributed by atoms with van der Waals surface area (Å²) in [6, 6.07) is 0.0665. The highest BCUT2D eigenvalue weighted by molar-refractivity contribution is 5.78. The maximum absolute atomic E-state index is 12.3. The van der Waals surface area contributed by atoms with E-state index in [-0.39, 0.29) is 24.0 Å². The largest absolute Gasteiger partial charge is 0.377 e. The van der Waals surface area contributed by atoms with Crippen molar-refractivity contribution in [2.24, 2.45) is 11.7 Å². The van der Waals surface area contributed by atoms with Gasteiger partial charge in [0.05, 0.1) is 12.4 Å². The highest BCUT2D eigenvalue weighted by Crippen LogP contribution is 2.26. The van der Waals surface area contributed by atoms with Crippen LogP contribution < -0.4 is 11.1 Å². The SMILES string of the molecule is CCCO[C@H]1C[C@@H](C(=O)NCCCn2ccnc2)CC[C@@H]1N. The van der Waals surface area contributed by atoms with E-state index in [2.05, 4.69) is 17.2 Å². The Morgan fingerprint density at radius 3 is 3.09 bits per heavy atom. The molecule has 1 amide bonds. The van der Waals surface area contributed by atoms with E-state index in [9.17, 15) is 4.79 Å². The molecule has 1 aromatic heterocycles. The molecule has 1 aliphatic rings. The average molecular weight is 308 g/mol. The van der Waals surface area contributed by atoms with Crippen molar-refractivity contribution >= 4 is 5.91 Å². The summed E-state index contributed by atoms with van der Waals surface area (Å²) in [5.74, 6) is 0.178. The van der Waals surface area contributed by atoms with Crippen LogP contribution in [-0.2, 0) is 16.1 Å². The molecular weight excluding hydrogens is 280 g/mol. The standard InChI is InChI=1S/C16H28N4O2/c1-2-10-22-15-11-13(4-5-14(15)17)16(21)19-6-3-8-20-9-7-18-12-20/h7,9,12-15H,2-6,8,10-11,17H2,1H3,(H,19,21)/t13-,14-,15-/m0/s1. The summed E-state index contributed by atoms with van der Waals surface area (Å²) < 4.78 is 7.80. The Labute approximate surface area is 132 Å². The fraction of sp³-hybridized carbons (Fsp3) is 0.750. The number of nitrogens with one attached hydrogen (secondary N) is 1. The highest BCUT2D eigenvalue weighted by Gasteiger charge is 2.32. The van der Waals surface area contributed by atoms with Gasteiger partial charge < -0.3 is 20.4 Å². The zero-order valence-corrected chi connectivity index (χ0v) is 13.4. The van der Waals surface area contributed by atoms with Gasteiger partial charge in [0.2, 0.25) is 5.91 Å². The van der Waals surface area contributed by atoms with Crippen LogP contribution in [0.25, 0.3) is 0 Å². The molecule has 2 rings (SSSR count). The Bertz CT molecular complexity index is 435. The van der Waals surface area contributed by atoms with Gasteiger partial charge in [0, 0.05) is 44.0 Å². The molecule has 6 nitrogen and oxygen atoms in total. The van der Waals surface area contributed by atoms with Crippen LogP contribution in [0, 0.1) is 5.92 Å². The van der Waals surface area contributed by atoms with Crippen molar-refractivity contribution in [3.63, 3.8) is 0 Å². The van der Waals surface area contributed by atoms with E-state index >= 15 is 0 Å². The van der Waals surface area contributed by atoms with E-state index < -0.39 is 0 Å².